The average molecular weight is 263 g/mol. The number of aromatic nitrogens is 2. The third kappa shape index (κ3) is 3.75. The van der Waals surface area contributed by atoms with E-state index in [4.69, 9.17) is 0 Å². The molecular formula is C11H16F3N3O. The van der Waals surface area contributed by atoms with Gasteiger partial charge in [-0.15, -0.1) is 0 Å². The lowest BCUT2D eigenvalue weighted by atomic mass is 10.1. The fourth-order valence-electron chi connectivity index (χ4n) is 1.66. The van der Waals surface area contributed by atoms with Gasteiger partial charge in [-0.25, -0.2) is 0 Å². The molecule has 0 saturated heterocycles. The second kappa shape index (κ2) is 5.88. The first-order valence-corrected chi connectivity index (χ1v) is 5.78. The molecule has 0 aliphatic carbocycles. The first kappa shape index (κ1) is 14.5. The minimum atomic E-state index is -4.34. The van der Waals surface area contributed by atoms with Crippen LogP contribution in [-0.2, 0) is 13.0 Å². The minimum Gasteiger partial charge on any atom is -0.352 e. The number of carbonyl (C=O) groups is 1. The van der Waals surface area contributed by atoms with Crippen LogP contribution in [0.25, 0.3) is 0 Å². The van der Waals surface area contributed by atoms with Gasteiger partial charge >= 0.3 is 6.18 Å². The zero-order valence-corrected chi connectivity index (χ0v) is 10.3. The monoisotopic (exact) mass is 263 g/mol. The number of nitrogens with one attached hydrogen (secondary N) is 1. The molecule has 1 N–H and O–H groups in total. The molecule has 18 heavy (non-hydrogen) atoms. The topological polar surface area (TPSA) is 46.9 Å². The maximum atomic E-state index is 12.4. The lowest BCUT2D eigenvalue weighted by Crippen LogP contribution is -2.25. The first-order chi connectivity index (χ1) is 8.39. The van der Waals surface area contributed by atoms with E-state index in [0.717, 1.165) is 4.68 Å². The van der Waals surface area contributed by atoms with Crippen molar-refractivity contribution in [2.75, 3.05) is 6.54 Å². The van der Waals surface area contributed by atoms with Gasteiger partial charge in [0.25, 0.3) is 5.91 Å². The molecule has 102 valence electrons. The number of rotatable bonds is 5. The van der Waals surface area contributed by atoms with E-state index in [1.807, 2.05) is 6.92 Å². The van der Waals surface area contributed by atoms with Crippen molar-refractivity contribution in [3.8, 4) is 0 Å². The number of hydrogen-bond acceptors (Lipinski definition) is 2. The molecule has 1 heterocycles. The van der Waals surface area contributed by atoms with Crippen LogP contribution in [-0.4, -0.2) is 28.4 Å². The smallest absolute Gasteiger partial charge is 0.352 e. The summed E-state index contributed by atoms with van der Waals surface area (Å²) in [5.74, 6) is -0.380. The Morgan fingerprint density at radius 1 is 1.44 bits per heavy atom. The number of halogens is 3. The Morgan fingerprint density at radius 2 is 2.11 bits per heavy atom. The normalized spacial score (nSPS) is 11.6. The molecule has 0 fully saturated rings. The van der Waals surface area contributed by atoms with Crippen LogP contribution in [0, 0.1) is 0 Å². The van der Waals surface area contributed by atoms with Crippen molar-refractivity contribution in [3.05, 3.63) is 17.5 Å². The molecule has 0 atom stereocenters. The van der Waals surface area contributed by atoms with E-state index in [1.54, 1.807) is 6.92 Å². The van der Waals surface area contributed by atoms with Gasteiger partial charge in [0.05, 0.1) is 17.5 Å². The van der Waals surface area contributed by atoms with Gasteiger partial charge in [0, 0.05) is 6.54 Å². The molecule has 0 unspecified atom stereocenters. The van der Waals surface area contributed by atoms with E-state index in [0.29, 0.717) is 25.1 Å². The average Bonchev–Trinajstić information content (AvgIpc) is 2.60. The van der Waals surface area contributed by atoms with Gasteiger partial charge in [-0.3, -0.25) is 9.48 Å². The maximum absolute atomic E-state index is 12.4. The molecule has 0 radical (unpaired) electrons. The second-order valence-corrected chi connectivity index (χ2v) is 3.89. The Morgan fingerprint density at radius 3 is 2.61 bits per heavy atom. The van der Waals surface area contributed by atoms with Crippen LogP contribution >= 0.6 is 0 Å². The number of alkyl halides is 3. The van der Waals surface area contributed by atoms with Crippen molar-refractivity contribution < 1.29 is 18.0 Å². The third-order valence-electron chi connectivity index (χ3n) is 2.35. The first-order valence-electron chi connectivity index (χ1n) is 5.78. The minimum absolute atomic E-state index is 0.225. The van der Waals surface area contributed by atoms with Crippen molar-refractivity contribution in [2.24, 2.45) is 0 Å². The Balaban J connectivity index is 3.02. The number of carbonyl (C=O) groups excluding carboxylic acids is 1. The van der Waals surface area contributed by atoms with Gasteiger partial charge in [0.15, 0.2) is 0 Å². The van der Waals surface area contributed by atoms with E-state index in [-0.39, 0.29) is 11.5 Å². The number of amides is 1. The Kier molecular flexibility index (Phi) is 4.75. The quantitative estimate of drug-likeness (QED) is 0.884. The van der Waals surface area contributed by atoms with E-state index in [2.05, 4.69) is 10.4 Å². The van der Waals surface area contributed by atoms with E-state index in [1.165, 1.54) is 6.20 Å². The number of nitrogens with zero attached hydrogens (tertiary/aromatic N) is 2. The second-order valence-electron chi connectivity index (χ2n) is 3.89. The van der Waals surface area contributed by atoms with E-state index >= 15 is 0 Å². The molecular weight excluding hydrogens is 247 g/mol. The molecule has 4 nitrogen and oxygen atoms in total. The van der Waals surface area contributed by atoms with Gasteiger partial charge in [-0.05, 0) is 13.3 Å². The summed E-state index contributed by atoms with van der Waals surface area (Å²) in [7, 11) is 0. The molecule has 0 spiro atoms. The van der Waals surface area contributed by atoms with Gasteiger partial charge in [0.1, 0.15) is 6.54 Å². The molecule has 0 aliphatic rings. The van der Waals surface area contributed by atoms with Crippen molar-refractivity contribution in [3.63, 3.8) is 0 Å². The fourth-order valence-corrected chi connectivity index (χ4v) is 1.66. The van der Waals surface area contributed by atoms with Crippen molar-refractivity contribution in [1.82, 2.24) is 15.1 Å². The molecule has 0 aromatic carbocycles. The molecule has 7 heteroatoms. The maximum Gasteiger partial charge on any atom is 0.408 e. The van der Waals surface area contributed by atoms with Crippen LogP contribution in [0.4, 0.5) is 13.2 Å². The Hall–Kier alpha value is -1.53. The van der Waals surface area contributed by atoms with Gasteiger partial charge in [-0.2, -0.15) is 18.3 Å². The SMILES string of the molecule is CCCc1c(C(=O)NCC)cnn1CC(F)(F)F. The summed E-state index contributed by atoms with van der Waals surface area (Å²) in [5.41, 5.74) is 0.559. The molecule has 0 bridgehead atoms. The van der Waals surface area contributed by atoms with Crippen molar-refractivity contribution in [1.29, 1.82) is 0 Å². The van der Waals surface area contributed by atoms with Crippen LogP contribution < -0.4 is 5.32 Å². The standard InChI is InChI=1S/C11H16F3N3O/c1-3-5-9-8(10(18)15-4-2)6-16-17(9)7-11(12,13)14/h6H,3-5,7H2,1-2H3,(H,15,18). The van der Waals surface area contributed by atoms with Gasteiger partial charge < -0.3 is 5.32 Å². The van der Waals surface area contributed by atoms with E-state index < -0.39 is 12.7 Å². The predicted octanol–water partition coefficient (Wildman–Crippen LogP) is 2.15. The highest BCUT2D eigenvalue weighted by Gasteiger charge is 2.30. The van der Waals surface area contributed by atoms with Crippen molar-refractivity contribution in [2.45, 2.75) is 39.4 Å². The van der Waals surface area contributed by atoms with E-state index in [9.17, 15) is 18.0 Å². The summed E-state index contributed by atoms with van der Waals surface area (Å²) in [5, 5.41) is 6.22. The molecule has 0 saturated carbocycles. The van der Waals surface area contributed by atoms with Crippen LogP contribution in [0.2, 0.25) is 0 Å². The summed E-state index contributed by atoms with van der Waals surface area (Å²) >= 11 is 0. The lowest BCUT2D eigenvalue weighted by Gasteiger charge is -2.11. The van der Waals surface area contributed by atoms with Crippen LogP contribution in [0.1, 0.15) is 36.3 Å². The highest BCUT2D eigenvalue weighted by atomic mass is 19.4. The zero-order valence-electron chi connectivity index (χ0n) is 10.3. The Bertz CT molecular complexity index is 412. The summed E-state index contributed by atoms with van der Waals surface area (Å²) in [6.07, 6.45) is -2.10. The highest BCUT2D eigenvalue weighted by molar-refractivity contribution is 5.95. The van der Waals surface area contributed by atoms with Crippen LogP contribution in [0.15, 0.2) is 6.20 Å². The Labute approximate surface area is 103 Å². The summed E-state index contributed by atoms with van der Waals surface area (Å²) in [4.78, 5) is 11.7. The predicted molar refractivity (Wildman–Crippen MR) is 60.3 cm³/mol. The fraction of sp³-hybridized carbons (Fsp3) is 0.636. The third-order valence-corrected chi connectivity index (χ3v) is 2.35. The van der Waals surface area contributed by atoms with Crippen LogP contribution in [0.3, 0.4) is 0 Å². The molecule has 1 rings (SSSR count). The largest absolute Gasteiger partial charge is 0.408 e. The summed E-state index contributed by atoms with van der Waals surface area (Å²) in [6.45, 7) is 2.85. The lowest BCUT2D eigenvalue weighted by molar-refractivity contribution is -0.143. The molecule has 1 aromatic rings. The van der Waals surface area contributed by atoms with Gasteiger partial charge in [-0.1, -0.05) is 13.3 Å². The van der Waals surface area contributed by atoms with Crippen LogP contribution in [0.5, 0.6) is 0 Å². The van der Waals surface area contributed by atoms with Gasteiger partial charge in [0.2, 0.25) is 0 Å². The number of hydrogen-bond donors (Lipinski definition) is 1. The molecule has 1 amide bonds. The van der Waals surface area contributed by atoms with Crippen molar-refractivity contribution >= 4 is 5.91 Å². The molecule has 0 aliphatic heterocycles. The summed E-state index contributed by atoms with van der Waals surface area (Å²) < 4.78 is 37.9. The highest BCUT2D eigenvalue weighted by Crippen LogP contribution is 2.20. The zero-order chi connectivity index (χ0) is 13.8. The molecule has 1 aromatic heterocycles. The summed E-state index contributed by atoms with van der Waals surface area (Å²) in [6, 6.07) is 0.